The monoisotopic (exact) mass is 382 g/mol. The van der Waals surface area contributed by atoms with E-state index in [1.54, 1.807) is 0 Å². The van der Waals surface area contributed by atoms with Crippen molar-refractivity contribution in [1.29, 1.82) is 0 Å². The van der Waals surface area contributed by atoms with Crippen LogP contribution in [0.15, 0.2) is 22.9 Å². The van der Waals surface area contributed by atoms with Gasteiger partial charge in [-0.25, -0.2) is 4.79 Å². The van der Waals surface area contributed by atoms with Gasteiger partial charge in [-0.3, -0.25) is 9.00 Å². The fraction of sp³-hybridized carbons (Fsp3) is 0.312. The molecule has 0 N–H and O–H groups in total. The van der Waals surface area contributed by atoms with Crippen LogP contribution in [0.5, 0.6) is 0 Å². The first-order valence-corrected chi connectivity index (χ1v) is 9.01. The molecule has 3 rings (SSSR count). The van der Waals surface area contributed by atoms with Gasteiger partial charge in [0.05, 0.1) is 29.5 Å². The highest BCUT2D eigenvalue weighted by atomic mass is 35.5. The van der Waals surface area contributed by atoms with Gasteiger partial charge in [0.2, 0.25) is 0 Å². The highest BCUT2D eigenvalue weighted by Crippen LogP contribution is 2.42. The topological polar surface area (TPSA) is 110 Å². The molecule has 1 atom stereocenters. The van der Waals surface area contributed by atoms with Crippen LogP contribution >= 0.6 is 11.6 Å². The Hall–Kier alpha value is -2.03. The first-order valence-electron chi connectivity index (χ1n) is 7.38. The molecule has 9 heteroatoms. The number of carbonyl (C=O) groups is 2. The van der Waals surface area contributed by atoms with Crippen molar-refractivity contribution in [3.8, 4) is 0 Å². The second-order valence-electron chi connectivity index (χ2n) is 5.60. The number of hydrogen-bond acceptors (Lipinski definition) is 7. The van der Waals surface area contributed by atoms with Crippen LogP contribution in [0, 0.1) is 0 Å². The van der Waals surface area contributed by atoms with Gasteiger partial charge in [0.25, 0.3) is 0 Å². The van der Waals surface area contributed by atoms with Crippen LogP contribution in [0.3, 0.4) is 0 Å². The van der Waals surface area contributed by atoms with Crippen LogP contribution in [-0.2, 0) is 21.6 Å². The largest absolute Gasteiger partial charge is 0.772 e. The second kappa shape index (κ2) is 7.07. The molecule has 7 nitrogen and oxygen atoms in total. The Balaban J connectivity index is 2.14. The zero-order chi connectivity index (χ0) is 18.1. The molecule has 1 fully saturated rings. The molecule has 1 aliphatic carbocycles. The lowest BCUT2D eigenvalue weighted by Gasteiger charge is -2.15. The van der Waals surface area contributed by atoms with E-state index in [0.717, 1.165) is 20.0 Å². The average molecular weight is 383 g/mol. The Morgan fingerprint density at radius 2 is 2.12 bits per heavy atom. The summed E-state index contributed by atoms with van der Waals surface area (Å²) in [5.74, 6) is -1.20. The lowest BCUT2D eigenvalue weighted by Crippen LogP contribution is -2.15. The maximum atomic E-state index is 12.9. The molecule has 0 radical (unpaired) electrons. The van der Waals surface area contributed by atoms with E-state index in [0.29, 0.717) is 5.76 Å². The summed E-state index contributed by atoms with van der Waals surface area (Å²) in [7, 11) is 1.15. The lowest BCUT2D eigenvalue weighted by atomic mass is 9.95. The summed E-state index contributed by atoms with van der Waals surface area (Å²) in [6.45, 7) is 0. The minimum absolute atomic E-state index is 0.000584. The number of carbonyl (C=O) groups excluding carboxylic acids is 2. The van der Waals surface area contributed by atoms with Crippen molar-refractivity contribution >= 4 is 34.4 Å². The summed E-state index contributed by atoms with van der Waals surface area (Å²) in [4.78, 5) is 25.0. The average Bonchev–Trinajstić information content (AvgIpc) is 3.30. The van der Waals surface area contributed by atoms with Crippen LogP contribution in [-0.4, -0.2) is 32.8 Å². The maximum absolute atomic E-state index is 12.9. The van der Waals surface area contributed by atoms with Gasteiger partial charge in [-0.2, -0.15) is 0 Å². The number of methoxy groups -OCH3 is 1. The summed E-state index contributed by atoms with van der Waals surface area (Å²) in [6, 6.07) is 2.76. The first kappa shape index (κ1) is 17.8. The number of nitrogens with zero attached hydrogens (tertiary/aromatic N) is 1. The summed E-state index contributed by atoms with van der Waals surface area (Å²) >= 11 is 3.50. The number of esters is 1. The summed E-state index contributed by atoms with van der Waals surface area (Å²) in [5.41, 5.74) is 0.182. The van der Waals surface area contributed by atoms with E-state index < -0.39 is 28.6 Å². The molecular weight excluding hydrogens is 370 g/mol. The van der Waals surface area contributed by atoms with E-state index in [2.05, 4.69) is 9.89 Å². The summed E-state index contributed by atoms with van der Waals surface area (Å²) in [6.07, 6.45) is 3.11. The van der Waals surface area contributed by atoms with Crippen LogP contribution < -0.4 is 0 Å². The van der Waals surface area contributed by atoms with Gasteiger partial charge in [-0.1, -0.05) is 27.8 Å². The Bertz CT molecular complexity index is 874. The fourth-order valence-corrected chi connectivity index (χ4v) is 3.42. The standard InChI is InChI=1S/C16H14ClNO6S/c1-23-16(20)13-11(7-25(21)22)9(4-5-12(13)17)14(19)10-6-18-24-15(10)8-2-3-8/h4-6,8H,2-3,7H2,1H3,(H,21,22)/p-1. The number of benzene rings is 1. The van der Waals surface area contributed by atoms with E-state index in [9.17, 15) is 18.4 Å². The molecule has 2 aromatic rings. The predicted molar refractivity (Wildman–Crippen MR) is 87.3 cm³/mol. The van der Waals surface area contributed by atoms with E-state index >= 15 is 0 Å². The van der Waals surface area contributed by atoms with Crippen molar-refractivity contribution in [2.45, 2.75) is 24.5 Å². The third-order valence-electron chi connectivity index (χ3n) is 3.95. The van der Waals surface area contributed by atoms with Crippen molar-refractivity contribution in [3.05, 3.63) is 51.4 Å². The fourth-order valence-electron chi connectivity index (χ4n) is 2.63. The molecule has 1 heterocycles. The van der Waals surface area contributed by atoms with E-state index in [4.69, 9.17) is 16.1 Å². The van der Waals surface area contributed by atoms with Crippen molar-refractivity contribution in [2.24, 2.45) is 0 Å². The normalized spacial score (nSPS) is 15.0. The molecule has 25 heavy (non-hydrogen) atoms. The Labute approximate surface area is 150 Å². The molecule has 1 aliphatic rings. The first-order chi connectivity index (χ1) is 11.9. The zero-order valence-corrected chi connectivity index (χ0v) is 14.7. The van der Waals surface area contributed by atoms with Crippen LogP contribution in [0.25, 0.3) is 0 Å². The molecular formula is C16H13ClNO6S-. The molecule has 0 aliphatic heterocycles. The van der Waals surface area contributed by atoms with Crippen molar-refractivity contribution < 1.29 is 27.6 Å². The quantitative estimate of drug-likeness (QED) is 0.429. The zero-order valence-electron chi connectivity index (χ0n) is 13.1. The van der Waals surface area contributed by atoms with Crippen LogP contribution in [0.4, 0.5) is 0 Å². The highest BCUT2D eigenvalue weighted by Gasteiger charge is 2.34. The molecule has 0 spiro atoms. The SMILES string of the molecule is COC(=O)c1c(Cl)ccc(C(=O)c2cnoc2C2CC2)c1CS(=O)[O-]. The highest BCUT2D eigenvalue weighted by molar-refractivity contribution is 7.78. The lowest BCUT2D eigenvalue weighted by molar-refractivity contribution is 0.0600. The van der Waals surface area contributed by atoms with Crippen molar-refractivity contribution in [1.82, 2.24) is 5.16 Å². The van der Waals surface area contributed by atoms with Crippen LogP contribution in [0.2, 0.25) is 5.02 Å². The van der Waals surface area contributed by atoms with Crippen LogP contribution in [0.1, 0.15) is 56.4 Å². The molecule has 0 amide bonds. The Morgan fingerprint density at radius 3 is 2.72 bits per heavy atom. The number of ketones is 1. The molecule has 1 saturated carbocycles. The smallest absolute Gasteiger partial charge is 0.339 e. The Kier molecular flexibility index (Phi) is 5.03. The molecule has 1 unspecified atom stereocenters. The molecule has 0 bridgehead atoms. The van der Waals surface area contributed by atoms with Gasteiger partial charge >= 0.3 is 5.97 Å². The molecule has 1 aromatic carbocycles. The minimum Gasteiger partial charge on any atom is -0.772 e. The third-order valence-corrected chi connectivity index (χ3v) is 4.79. The number of rotatable bonds is 6. The van der Waals surface area contributed by atoms with Gasteiger partial charge in [0.15, 0.2) is 11.5 Å². The number of ether oxygens (including phenoxy) is 1. The van der Waals surface area contributed by atoms with E-state index in [1.165, 1.54) is 18.3 Å². The van der Waals surface area contributed by atoms with E-state index in [1.807, 2.05) is 0 Å². The second-order valence-corrected chi connectivity index (χ2v) is 6.90. The van der Waals surface area contributed by atoms with Gasteiger partial charge in [-0.05, 0) is 30.5 Å². The number of hydrogen-bond donors (Lipinski definition) is 0. The van der Waals surface area contributed by atoms with Gasteiger partial charge < -0.3 is 13.8 Å². The molecule has 132 valence electrons. The maximum Gasteiger partial charge on any atom is 0.339 e. The number of aromatic nitrogens is 1. The van der Waals surface area contributed by atoms with Gasteiger partial charge in [0.1, 0.15) is 0 Å². The van der Waals surface area contributed by atoms with E-state index in [-0.39, 0.29) is 33.2 Å². The molecule has 0 saturated heterocycles. The number of halogens is 1. The summed E-state index contributed by atoms with van der Waals surface area (Å²) < 4.78 is 32.3. The van der Waals surface area contributed by atoms with Gasteiger partial charge in [-0.15, -0.1) is 0 Å². The minimum atomic E-state index is -2.54. The molecule has 1 aromatic heterocycles. The van der Waals surface area contributed by atoms with Crippen molar-refractivity contribution in [2.75, 3.05) is 7.11 Å². The predicted octanol–water partition coefficient (Wildman–Crippen LogP) is 2.60. The third kappa shape index (κ3) is 3.51. The summed E-state index contributed by atoms with van der Waals surface area (Å²) in [5, 5.41) is 3.69. The van der Waals surface area contributed by atoms with Crippen molar-refractivity contribution in [3.63, 3.8) is 0 Å². The Morgan fingerprint density at radius 1 is 1.40 bits per heavy atom. The van der Waals surface area contributed by atoms with Gasteiger partial charge in [0, 0.05) is 17.2 Å².